The van der Waals surface area contributed by atoms with E-state index in [0.717, 1.165) is 34.4 Å². The number of benzene rings is 1. The predicted octanol–water partition coefficient (Wildman–Crippen LogP) is 4.13. The molecule has 0 aliphatic carbocycles. The Kier molecular flexibility index (Phi) is 3.57. The Hall–Kier alpha value is -2.42. The molecule has 1 aliphatic rings. The molecule has 106 valence electrons. The Bertz CT molecular complexity index is 702. The molecule has 1 amide bonds. The van der Waals surface area contributed by atoms with Crippen molar-refractivity contribution in [1.82, 2.24) is 4.98 Å². The van der Waals surface area contributed by atoms with Gasteiger partial charge in [0.05, 0.1) is 0 Å². The topological polar surface area (TPSA) is 42.0 Å². The number of carbonyl (C=O) groups is 1. The van der Waals surface area contributed by atoms with Crippen LogP contribution in [0.5, 0.6) is 0 Å². The van der Waals surface area contributed by atoms with Gasteiger partial charge in [-0.2, -0.15) is 0 Å². The first-order chi connectivity index (χ1) is 10.1. The highest BCUT2D eigenvalue weighted by Gasteiger charge is 2.24. The molecule has 0 fully saturated rings. The highest BCUT2D eigenvalue weighted by molar-refractivity contribution is 6.31. The van der Waals surface area contributed by atoms with Crippen LogP contribution < -0.4 is 5.32 Å². The highest BCUT2D eigenvalue weighted by atomic mass is 16.2. The summed E-state index contributed by atoms with van der Waals surface area (Å²) in [5.41, 5.74) is 4.78. The summed E-state index contributed by atoms with van der Waals surface area (Å²) >= 11 is 0. The van der Waals surface area contributed by atoms with Gasteiger partial charge in [0.1, 0.15) is 0 Å². The standard InChI is InChI=1S/C18H18N2O/c1-12(2)5-7-16-15-8-6-13(10-17(15)20-18(16)21)14-4-3-9-19-11-14/h3-4,6-12H,5H2,1-2H3,(H,20,21)/b16-7-. The number of amides is 1. The van der Waals surface area contributed by atoms with Crippen molar-refractivity contribution < 1.29 is 4.79 Å². The average molecular weight is 278 g/mol. The molecule has 0 saturated carbocycles. The summed E-state index contributed by atoms with van der Waals surface area (Å²) in [5, 5.41) is 2.95. The summed E-state index contributed by atoms with van der Waals surface area (Å²) in [6.45, 7) is 4.30. The fourth-order valence-corrected chi connectivity index (χ4v) is 2.46. The second-order valence-corrected chi connectivity index (χ2v) is 5.70. The number of fused-ring (bicyclic) bond motifs is 1. The van der Waals surface area contributed by atoms with Crippen LogP contribution in [0.2, 0.25) is 0 Å². The smallest absolute Gasteiger partial charge is 0.256 e. The van der Waals surface area contributed by atoms with Gasteiger partial charge in [-0.3, -0.25) is 9.78 Å². The molecule has 0 atom stereocenters. The maximum absolute atomic E-state index is 12.1. The van der Waals surface area contributed by atoms with Gasteiger partial charge >= 0.3 is 0 Å². The number of rotatable bonds is 3. The molecule has 3 heteroatoms. The van der Waals surface area contributed by atoms with Gasteiger partial charge < -0.3 is 5.32 Å². The van der Waals surface area contributed by atoms with Crippen molar-refractivity contribution in [2.45, 2.75) is 20.3 Å². The fourth-order valence-electron chi connectivity index (χ4n) is 2.46. The van der Waals surface area contributed by atoms with Gasteiger partial charge in [-0.1, -0.05) is 38.1 Å². The van der Waals surface area contributed by atoms with E-state index in [1.165, 1.54) is 0 Å². The van der Waals surface area contributed by atoms with Gasteiger partial charge in [-0.25, -0.2) is 0 Å². The van der Waals surface area contributed by atoms with Crippen LogP contribution in [0.3, 0.4) is 0 Å². The molecule has 1 aromatic heterocycles. The number of nitrogens with zero attached hydrogens (tertiary/aromatic N) is 1. The van der Waals surface area contributed by atoms with Crippen molar-refractivity contribution in [1.29, 1.82) is 0 Å². The van der Waals surface area contributed by atoms with E-state index in [0.29, 0.717) is 5.92 Å². The first-order valence-corrected chi connectivity index (χ1v) is 7.21. The zero-order valence-electron chi connectivity index (χ0n) is 12.3. The molecular weight excluding hydrogens is 260 g/mol. The van der Waals surface area contributed by atoms with E-state index in [2.05, 4.69) is 24.1 Å². The largest absolute Gasteiger partial charge is 0.321 e. The minimum Gasteiger partial charge on any atom is -0.321 e. The van der Waals surface area contributed by atoms with Crippen molar-refractivity contribution in [3.05, 3.63) is 54.4 Å². The number of pyridine rings is 1. The Morgan fingerprint density at radius 1 is 1.24 bits per heavy atom. The Morgan fingerprint density at radius 2 is 2.10 bits per heavy atom. The van der Waals surface area contributed by atoms with Crippen LogP contribution in [0.1, 0.15) is 25.8 Å². The van der Waals surface area contributed by atoms with Crippen molar-refractivity contribution in [2.75, 3.05) is 5.32 Å². The normalized spacial score (nSPS) is 15.4. The fraction of sp³-hybridized carbons (Fsp3) is 0.222. The van der Waals surface area contributed by atoms with E-state index in [9.17, 15) is 4.79 Å². The van der Waals surface area contributed by atoms with E-state index in [1.54, 1.807) is 6.20 Å². The lowest BCUT2D eigenvalue weighted by molar-refractivity contribution is -0.110. The minimum absolute atomic E-state index is 0.00557. The number of aromatic nitrogens is 1. The summed E-state index contributed by atoms with van der Waals surface area (Å²) in [6.07, 6.45) is 6.53. The van der Waals surface area contributed by atoms with Gasteiger partial charge in [0.25, 0.3) is 5.91 Å². The summed E-state index contributed by atoms with van der Waals surface area (Å²) in [5.74, 6) is 0.540. The first kappa shape index (κ1) is 13.6. The van der Waals surface area contributed by atoms with Crippen LogP contribution >= 0.6 is 0 Å². The molecule has 2 heterocycles. The molecule has 2 aromatic rings. The third-order valence-electron chi connectivity index (χ3n) is 3.59. The molecule has 3 nitrogen and oxygen atoms in total. The maximum Gasteiger partial charge on any atom is 0.256 e. The van der Waals surface area contributed by atoms with Crippen LogP contribution in [0.15, 0.2) is 48.8 Å². The van der Waals surface area contributed by atoms with E-state index < -0.39 is 0 Å². The molecule has 3 rings (SSSR count). The summed E-state index contributed by atoms with van der Waals surface area (Å²) in [6, 6.07) is 10.00. The number of anilines is 1. The van der Waals surface area contributed by atoms with Gasteiger partial charge in [0.2, 0.25) is 0 Å². The van der Waals surface area contributed by atoms with E-state index in [1.807, 2.05) is 42.6 Å². The van der Waals surface area contributed by atoms with E-state index >= 15 is 0 Å². The van der Waals surface area contributed by atoms with Crippen LogP contribution in [-0.2, 0) is 4.79 Å². The molecule has 21 heavy (non-hydrogen) atoms. The number of hydrogen-bond acceptors (Lipinski definition) is 2. The van der Waals surface area contributed by atoms with Crippen molar-refractivity contribution in [3.8, 4) is 11.1 Å². The number of allylic oxidation sites excluding steroid dienone is 1. The highest BCUT2D eigenvalue weighted by Crippen LogP contribution is 2.35. The molecular formula is C18H18N2O. The molecule has 0 bridgehead atoms. The van der Waals surface area contributed by atoms with E-state index in [4.69, 9.17) is 0 Å². The molecule has 0 spiro atoms. The molecule has 1 aromatic carbocycles. The van der Waals surface area contributed by atoms with Crippen molar-refractivity contribution in [3.63, 3.8) is 0 Å². The van der Waals surface area contributed by atoms with Gasteiger partial charge in [0, 0.05) is 34.8 Å². The lowest BCUT2D eigenvalue weighted by Crippen LogP contribution is -2.04. The van der Waals surface area contributed by atoms with Gasteiger partial charge in [-0.15, -0.1) is 0 Å². The zero-order chi connectivity index (χ0) is 14.8. The molecule has 0 saturated heterocycles. The first-order valence-electron chi connectivity index (χ1n) is 7.21. The summed E-state index contributed by atoms with van der Waals surface area (Å²) in [4.78, 5) is 16.2. The third kappa shape index (κ3) is 2.72. The summed E-state index contributed by atoms with van der Waals surface area (Å²) < 4.78 is 0. The number of carbonyl (C=O) groups excluding carboxylic acids is 1. The molecule has 0 unspecified atom stereocenters. The van der Waals surface area contributed by atoms with Crippen LogP contribution in [0.4, 0.5) is 5.69 Å². The number of nitrogens with one attached hydrogen (secondary N) is 1. The quantitative estimate of drug-likeness (QED) is 0.858. The van der Waals surface area contributed by atoms with Crippen LogP contribution in [0.25, 0.3) is 16.7 Å². The Labute approximate surface area is 124 Å². The predicted molar refractivity (Wildman–Crippen MR) is 85.7 cm³/mol. The lowest BCUT2D eigenvalue weighted by Gasteiger charge is -2.04. The lowest BCUT2D eigenvalue weighted by atomic mass is 9.99. The Balaban J connectivity index is 1.97. The number of hydrogen-bond donors (Lipinski definition) is 1. The van der Waals surface area contributed by atoms with Crippen molar-refractivity contribution >= 4 is 17.2 Å². The molecule has 1 aliphatic heterocycles. The van der Waals surface area contributed by atoms with E-state index in [-0.39, 0.29) is 5.91 Å². The summed E-state index contributed by atoms with van der Waals surface area (Å²) in [7, 11) is 0. The van der Waals surface area contributed by atoms with Gasteiger partial charge in [0.15, 0.2) is 0 Å². The molecule has 0 radical (unpaired) electrons. The van der Waals surface area contributed by atoms with Gasteiger partial charge in [-0.05, 0) is 30.0 Å². The minimum atomic E-state index is -0.00557. The maximum atomic E-state index is 12.1. The average Bonchev–Trinajstić information content (AvgIpc) is 2.80. The monoisotopic (exact) mass is 278 g/mol. The second-order valence-electron chi connectivity index (χ2n) is 5.70. The zero-order valence-corrected chi connectivity index (χ0v) is 12.3. The van der Waals surface area contributed by atoms with Crippen LogP contribution in [0, 0.1) is 5.92 Å². The molecule has 1 N–H and O–H groups in total. The third-order valence-corrected chi connectivity index (χ3v) is 3.59. The van der Waals surface area contributed by atoms with Crippen molar-refractivity contribution in [2.24, 2.45) is 5.92 Å². The second kappa shape index (κ2) is 5.52. The SMILES string of the molecule is CC(C)C/C=C1\C(=O)Nc2cc(-c3cccnc3)ccc21. The van der Waals surface area contributed by atoms with Crippen LogP contribution in [-0.4, -0.2) is 10.9 Å². The Morgan fingerprint density at radius 3 is 2.81 bits per heavy atom.